The van der Waals surface area contributed by atoms with Crippen LogP contribution in [0.15, 0.2) is 29.2 Å². The average molecular weight is 696 g/mol. The van der Waals surface area contributed by atoms with Gasteiger partial charge in [0.2, 0.25) is 18.7 Å². The van der Waals surface area contributed by atoms with Crippen LogP contribution in [0.25, 0.3) is 0 Å². The van der Waals surface area contributed by atoms with E-state index in [-0.39, 0.29) is 17.2 Å². The van der Waals surface area contributed by atoms with E-state index in [9.17, 15) is 28.5 Å². The van der Waals surface area contributed by atoms with Crippen molar-refractivity contribution in [2.24, 2.45) is 11.3 Å². The van der Waals surface area contributed by atoms with Crippen molar-refractivity contribution in [2.75, 3.05) is 26.7 Å². The SMILES string of the molecule is CC.CCCCCCCC(C)C(NC(=O)[C@@H]1CCCN1C=O)C(=O)O.CCNC=O.CNC(CN1Cc2ccccc2S1=O)C(C)(C)C. The van der Waals surface area contributed by atoms with E-state index in [1.54, 1.807) is 0 Å². The number of carboxylic acid groups (broad SMARTS) is 1. The van der Waals surface area contributed by atoms with Crippen LogP contribution < -0.4 is 16.0 Å². The lowest BCUT2D eigenvalue weighted by Gasteiger charge is -2.33. The molecule has 5 atom stereocenters. The minimum absolute atomic E-state index is 0.121. The highest BCUT2D eigenvalue weighted by Crippen LogP contribution is 2.29. The summed E-state index contributed by atoms with van der Waals surface area (Å²) in [4.78, 5) is 46.4. The fourth-order valence-corrected chi connectivity index (χ4v) is 6.91. The summed E-state index contributed by atoms with van der Waals surface area (Å²) < 4.78 is 14.4. The molecule has 1 aromatic carbocycles. The van der Waals surface area contributed by atoms with Crippen molar-refractivity contribution in [2.45, 2.75) is 136 Å². The van der Waals surface area contributed by atoms with Gasteiger partial charge in [-0.1, -0.05) is 98.8 Å². The van der Waals surface area contributed by atoms with Crippen molar-refractivity contribution >= 4 is 35.7 Å². The number of benzene rings is 1. The highest BCUT2D eigenvalue weighted by molar-refractivity contribution is 7.83. The molecule has 2 aliphatic heterocycles. The Bertz CT molecular complexity index is 1100. The molecule has 2 heterocycles. The molecule has 0 spiro atoms. The number of nitrogens with zero attached hydrogens (tertiary/aromatic N) is 2. The molecule has 4 N–H and O–H groups in total. The van der Waals surface area contributed by atoms with Gasteiger partial charge in [-0.25, -0.2) is 13.3 Å². The number of fused-ring (bicyclic) bond motifs is 1. The van der Waals surface area contributed by atoms with E-state index in [1.165, 1.54) is 29.7 Å². The van der Waals surface area contributed by atoms with Crippen molar-refractivity contribution in [3.63, 3.8) is 0 Å². The first-order chi connectivity index (χ1) is 22.9. The van der Waals surface area contributed by atoms with Crippen LogP contribution in [-0.4, -0.2) is 88.0 Å². The Morgan fingerprint density at radius 1 is 1.08 bits per heavy atom. The van der Waals surface area contributed by atoms with Gasteiger partial charge in [-0.3, -0.25) is 14.4 Å². The van der Waals surface area contributed by atoms with Gasteiger partial charge in [0.1, 0.15) is 23.1 Å². The molecule has 0 radical (unpaired) electrons. The van der Waals surface area contributed by atoms with E-state index in [1.807, 2.05) is 52.9 Å². The summed E-state index contributed by atoms with van der Waals surface area (Å²) in [5, 5.41) is 17.8. The summed E-state index contributed by atoms with van der Waals surface area (Å²) in [6.07, 6.45) is 9.14. The van der Waals surface area contributed by atoms with E-state index in [0.29, 0.717) is 31.8 Å². The van der Waals surface area contributed by atoms with Gasteiger partial charge in [-0.05, 0) is 56.2 Å². The third-order valence-corrected chi connectivity index (χ3v) is 9.96. The zero-order valence-corrected chi connectivity index (χ0v) is 31.9. The number of aliphatic carboxylic acids is 1. The largest absolute Gasteiger partial charge is 0.480 e. The molecule has 2 aliphatic rings. The second-order valence-electron chi connectivity index (χ2n) is 13.1. The zero-order chi connectivity index (χ0) is 36.7. The molecule has 0 aliphatic carbocycles. The molecule has 0 bridgehead atoms. The number of carbonyl (C=O) groups excluding carboxylic acids is 3. The van der Waals surface area contributed by atoms with Gasteiger partial charge in [-0.2, -0.15) is 0 Å². The van der Waals surface area contributed by atoms with Gasteiger partial charge >= 0.3 is 5.97 Å². The third-order valence-electron chi connectivity index (χ3n) is 8.44. The van der Waals surface area contributed by atoms with E-state index in [2.05, 4.69) is 54.0 Å². The van der Waals surface area contributed by atoms with Gasteiger partial charge in [0.15, 0.2) is 0 Å². The fourth-order valence-electron chi connectivity index (χ4n) is 5.54. The van der Waals surface area contributed by atoms with Crippen molar-refractivity contribution < 1.29 is 28.5 Å². The van der Waals surface area contributed by atoms with Gasteiger partial charge in [0.05, 0.1) is 4.90 Å². The highest BCUT2D eigenvalue weighted by atomic mass is 32.2. The molecule has 0 saturated carbocycles. The molecular formula is C36H65N5O6S. The maximum Gasteiger partial charge on any atom is 0.326 e. The van der Waals surface area contributed by atoms with Crippen molar-refractivity contribution in [3.05, 3.63) is 29.8 Å². The summed E-state index contributed by atoms with van der Waals surface area (Å²) >= 11 is 0. The molecule has 48 heavy (non-hydrogen) atoms. The first-order valence-electron chi connectivity index (χ1n) is 17.7. The predicted molar refractivity (Wildman–Crippen MR) is 195 cm³/mol. The van der Waals surface area contributed by atoms with E-state index in [0.717, 1.165) is 50.2 Å². The lowest BCUT2D eigenvalue weighted by Crippen LogP contribution is -2.51. The number of unbranched alkanes of at least 4 members (excludes halogenated alkanes) is 4. The van der Waals surface area contributed by atoms with Gasteiger partial charge < -0.3 is 26.0 Å². The average Bonchev–Trinajstić information content (AvgIpc) is 3.67. The first-order valence-corrected chi connectivity index (χ1v) is 18.8. The Hall–Kier alpha value is -2.83. The lowest BCUT2D eigenvalue weighted by molar-refractivity contribution is -0.144. The number of carbonyl (C=O) groups is 4. The molecule has 3 amide bonds. The number of nitrogens with one attached hydrogen (secondary N) is 3. The molecule has 12 heteroatoms. The highest BCUT2D eigenvalue weighted by Gasteiger charge is 2.34. The monoisotopic (exact) mass is 695 g/mol. The maximum atomic E-state index is 12.4. The molecule has 276 valence electrons. The zero-order valence-electron chi connectivity index (χ0n) is 31.0. The minimum atomic E-state index is -1.00. The van der Waals surface area contributed by atoms with Crippen LogP contribution in [-0.2, 0) is 36.7 Å². The molecule has 4 unspecified atom stereocenters. The normalized spacial score (nSPS) is 18.6. The number of likely N-dealkylation sites (N-methyl/N-ethyl adjacent to an activating group) is 1. The quantitative estimate of drug-likeness (QED) is 0.139. The minimum Gasteiger partial charge on any atom is -0.480 e. The Balaban J connectivity index is 0.000000784. The molecular weight excluding hydrogens is 630 g/mol. The summed E-state index contributed by atoms with van der Waals surface area (Å²) in [7, 11) is 0.975. The summed E-state index contributed by atoms with van der Waals surface area (Å²) in [6, 6.07) is 6.93. The molecule has 0 aromatic heterocycles. The van der Waals surface area contributed by atoms with E-state index in [4.69, 9.17) is 0 Å². The number of rotatable bonds is 16. The Morgan fingerprint density at radius 3 is 2.23 bits per heavy atom. The summed E-state index contributed by atoms with van der Waals surface area (Å²) in [5.74, 6) is -1.47. The topological polar surface area (TPSA) is 148 Å². The summed E-state index contributed by atoms with van der Waals surface area (Å²) in [5.41, 5.74) is 1.35. The molecule has 3 rings (SSSR count). The maximum absolute atomic E-state index is 12.4. The van der Waals surface area contributed by atoms with E-state index >= 15 is 0 Å². The summed E-state index contributed by atoms with van der Waals surface area (Å²) in [6.45, 7) is 19.4. The first kappa shape index (κ1) is 45.2. The molecule has 1 fully saturated rings. The Labute approximate surface area is 293 Å². The van der Waals surface area contributed by atoms with Crippen LogP contribution in [0.5, 0.6) is 0 Å². The van der Waals surface area contributed by atoms with Crippen molar-refractivity contribution in [1.29, 1.82) is 0 Å². The standard InChI is InChI=1S/C17H30N2O4.C14H22N2OS.C3H7NO.C2H6/c1-3-4-5-6-7-9-13(2)15(17(22)23)18-16(21)14-10-8-11-19(14)12-20;1-14(2,3)13(15-4)10-16-9-11-7-5-6-8-12(11)18(16)17;1-2-4-3-5;1-2/h12-15H,3-11H2,1-2H3,(H,18,21)(H,22,23);5-8,13,15H,9-10H2,1-4H3;3H,2H2,1H3,(H,4,5);1-2H3/t13?,14-,15?;;;/m0.../s1. The van der Waals surface area contributed by atoms with Crippen molar-refractivity contribution in [3.8, 4) is 0 Å². The van der Waals surface area contributed by atoms with Gasteiger partial charge in [0, 0.05) is 32.2 Å². The number of amides is 3. The molecule has 11 nitrogen and oxygen atoms in total. The van der Waals surface area contributed by atoms with Crippen LogP contribution in [0.1, 0.15) is 112 Å². The smallest absolute Gasteiger partial charge is 0.326 e. The number of hydrogen-bond donors (Lipinski definition) is 4. The number of likely N-dealkylation sites (tertiary alicyclic amines) is 1. The fraction of sp³-hybridized carbons (Fsp3) is 0.722. The van der Waals surface area contributed by atoms with E-state index < -0.39 is 29.0 Å². The number of carboxylic acids is 1. The van der Waals surface area contributed by atoms with Crippen LogP contribution >= 0.6 is 0 Å². The molecule has 1 aromatic rings. The predicted octanol–water partition coefficient (Wildman–Crippen LogP) is 5.11. The number of hydrogen-bond acceptors (Lipinski definition) is 6. The van der Waals surface area contributed by atoms with Crippen LogP contribution in [0, 0.1) is 11.3 Å². The van der Waals surface area contributed by atoms with Crippen LogP contribution in [0.4, 0.5) is 0 Å². The van der Waals surface area contributed by atoms with Gasteiger partial charge in [0.25, 0.3) is 0 Å². The lowest BCUT2D eigenvalue weighted by atomic mass is 9.87. The van der Waals surface area contributed by atoms with Crippen LogP contribution in [0.2, 0.25) is 0 Å². The van der Waals surface area contributed by atoms with Crippen LogP contribution in [0.3, 0.4) is 0 Å². The third kappa shape index (κ3) is 16.0. The van der Waals surface area contributed by atoms with Gasteiger partial charge in [-0.15, -0.1) is 0 Å². The Kier molecular flexibility index (Phi) is 23.7. The second kappa shape index (κ2) is 25.2. The Morgan fingerprint density at radius 2 is 1.73 bits per heavy atom. The molecule has 1 saturated heterocycles. The van der Waals surface area contributed by atoms with Crippen molar-refractivity contribution in [1.82, 2.24) is 25.2 Å². The second-order valence-corrected chi connectivity index (χ2v) is 14.5.